The van der Waals surface area contributed by atoms with E-state index in [1.165, 1.54) is 25.9 Å². The Morgan fingerprint density at radius 3 is 2.63 bits per heavy atom. The fraction of sp³-hybridized carbons (Fsp3) is 0.765. The smallest absolute Gasteiger partial charge is 0.357 e. The molecule has 1 aliphatic heterocycles. The molecule has 5 nitrogen and oxygen atoms in total. The molecule has 0 radical (unpaired) electrons. The Kier molecular flexibility index (Phi) is 10.9. The van der Waals surface area contributed by atoms with Gasteiger partial charge in [-0.3, -0.25) is 0 Å². The number of likely N-dealkylation sites (tertiary alicyclic amines) is 1. The molecule has 0 atom stereocenters. The normalized spacial score (nSPS) is 16.9. The maximum Gasteiger partial charge on any atom is 0.434 e. The Bertz CT molecular complexity index is 571. The summed E-state index contributed by atoms with van der Waals surface area (Å²) in [5, 5.41) is 7.75. The van der Waals surface area contributed by atoms with Crippen LogP contribution in [0.15, 0.2) is 10.4 Å². The van der Waals surface area contributed by atoms with E-state index in [1.807, 2.05) is 6.92 Å². The van der Waals surface area contributed by atoms with E-state index in [1.54, 1.807) is 0 Å². The molecule has 1 fully saturated rings. The Morgan fingerprint density at radius 2 is 2.04 bits per heavy atom. The molecule has 1 aromatic heterocycles. The molecule has 2 rings (SSSR count). The van der Waals surface area contributed by atoms with Crippen molar-refractivity contribution in [3.8, 4) is 0 Å². The zero-order valence-corrected chi connectivity index (χ0v) is 19.0. The van der Waals surface area contributed by atoms with Gasteiger partial charge in [0.2, 0.25) is 0 Å². The fourth-order valence-electron chi connectivity index (χ4n) is 2.80. The number of guanidine groups is 1. The molecule has 0 aromatic carbocycles. The highest BCUT2D eigenvalue weighted by atomic mass is 127. The van der Waals surface area contributed by atoms with E-state index in [0.717, 1.165) is 42.1 Å². The molecular weight excluding hydrogens is 490 g/mol. The van der Waals surface area contributed by atoms with Gasteiger partial charge in [-0.25, -0.2) is 9.98 Å². The van der Waals surface area contributed by atoms with Crippen LogP contribution in [0.2, 0.25) is 0 Å². The van der Waals surface area contributed by atoms with Crippen LogP contribution in [0.25, 0.3) is 0 Å². The van der Waals surface area contributed by atoms with Crippen LogP contribution in [0.3, 0.4) is 0 Å². The lowest BCUT2D eigenvalue weighted by atomic mass is 9.99. The van der Waals surface area contributed by atoms with Crippen LogP contribution in [0.4, 0.5) is 13.2 Å². The van der Waals surface area contributed by atoms with E-state index in [9.17, 15) is 13.2 Å². The van der Waals surface area contributed by atoms with Crippen molar-refractivity contribution in [1.82, 2.24) is 20.5 Å². The molecule has 0 unspecified atom stereocenters. The number of aromatic nitrogens is 1. The van der Waals surface area contributed by atoms with Gasteiger partial charge in [-0.15, -0.1) is 35.3 Å². The molecule has 1 saturated heterocycles. The summed E-state index contributed by atoms with van der Waals surface area (Å²) in [5.41, 5.74) is -0.846. The van der Waals surface area contributed by atoms with Gasteiger partial charge in [0.15, 0.2) is 11.7 Å². The van der Waals surface area contributed by atoms with E-state index in [0.29, 0.717) is 17.5 Å². The van der Waals surface area contributed by atoms with E-state index < -0.39 is 11.9 Å². The minimum absolute atomic E-state index is 0. The Morgan fingerprint density at radius 1 is 1.33 bits per heavy atom. The summed E-state index contributed by atoms with van der Waals surface area (Å²) >= 11 is 0.983. The lowest BCUT2D eigenvalue weighted by Crippen LogP contribution is -2.39. The van der Waals surface area contributed by atoms with Crippen molar-refractivity contribution in [2.45, 2.75) is 45.8 Å². The predicted octanol–water partition coefficient (Wildman–Crippen LogP) is 3.96. The van der Waals surface area contributed by atoms with Crippen LogP contribution < -0.4 is 10.6 Å². The molecule has 0 amide bonds. The summed E-state index contributed by atoms with van der Waals surface area (Å²) in [4.78, 5) is 10.4. The van der Waals surface area contributed by atoms with Gasteiger partial charge in [0.05, 0.1) is 6.54 Å². The number of halogens is 4. The standard InChI is InChI=1S/C17H28F3N5S.HI/c1-3-21-16(22-7-4-8-25-9-5-13(2)6-10-25)23-11-15-24-14(12-26-15)17(18,19)20;/h12-13H,3-11H2,1-2H3,(H2,21,22,23);1H. The Hall–Kier alpha value is -0.620. The average Bonchev–Trinajstić information content (AvgIpc) is 3.07. The maximum atomic E-state index is 12.6. The first-order valence-electron chi connectivity index (χ1n) is 9.14. The second-order valence-electron chi connectivity index (χ2n) is 6.62. The molecule has 10 heteroatoms. The number of nitrogens with zero attached hydrogens (tertiary/aromatic N) is 3. The highest BCUT2D eigenvalue weighted by molar-refractivity contribution is 14.0. The van der Waals surface area contributed by atoms with Crippen molar-refractivity contribution in [3.05, 3.63) is 16.1 Å². The lowest BCUT2D eigenvalue weighted by molar-refractivity contribution is -0.140. The number of aliphatic imine (C=N–C) groups is 1. The zero-order chi connectivity index (χ0) is 19.0. The molecular formula is C17H29F3IN5S. The van der Waals surface area contributed by atoms with Crippen LogP contribution in [0.1, 0.15) is 43.8 Å². The monoisotopic (exact) mass is 519 g/mol. The third kappa shape index (κ3) is 8.95. The Labute approximate surface area is 180 Å². The van der Waals surface area contributed by atoms with Crippen LogP contribution in [-0.4, -0.2) is 48.6 Å². The summed E-state index contributed by atoms with van der Waals surface area (Å²) in [6.45, 7) is 9.27. The van der Waals surface area contributed by atoms with Crippen molar-refractivity contribution in [1.29, 1.82) is 0 Å². The van der Waals surface area contributed by atoms with Crippen molar-refractivity contribution in [3.63, 3.8) is 0 Å². The molecule has 0 aliphatic carbocycles. The first-order chi connectivity index (χ1) is 12.4. The van der Waals surface area contributed by atoms with Gasteiger partial charge in [-0.05, 0) is 51.7 Å². The topological polar surface area (TPSA) is 52.6 Å². The molecule has 2 N–H and O–H groups in total. The van der Waals surface area contributed by atoms with Gasteiger partial charge >= 0.3 is 6.18 Å². The van der Waals surface area contributed by atoms with Gasteiger partial charge in [0.1, 0.15) is 5.01 Å². The van der Waals surface area contributed by atoms with Crippen LogP contribution in [0.5, 0.6) is 0 Å². The molecule has 1 aliphatic rings. The molecule has 0 bridgehead atoms. The Balaban J connectivity index is 0.00000364. The third-order valence-corrected chi connectivity index (χ3v) is 5.21. The van der Waals surface area contributed by atoms with Gasteiger partial charge in [-0.1, -0.05) is 6.92 Å². The summed E-state index contributed by atoms with van der Waals surface area (Å²) in [6.07, 6.45) is -0.849. The average molecular weight is 519 g/mol. The minimum Gasteiger partial charge on any atom is -0.357 e. The van der Waals surface area contributed by atoms with Crippen molar-refractivity contribution in [2.75, 3.05) is 32.7 Å². The van der Waals surface area contributed by atoms with Gasteiger partial charge in [0, 0.05) is 18.5 Å². The van der Waals surface area contributed by atoms with E-state index >= 15 is 0 Å². The third-order valence-electron chi connectivity index (χ3n) is 4.38. The number of piperidine rings is 1. The van der Waals surface area contributed by atoms with Gasteiger partial charge in [0.25, 0.3) is 0 Å². The molecule has 1 aromatic rings. The summed E-state index contributed by atoms with van der Waals surface area (Å²) < 4.78 is 37.7. The van der Waals surface area contributed by atoms with Crippen molar-refractivity contribution < 1.29 is 13.2 Å². The number of hydrogen-bond acceptors (Lipinski definition) is 4. The van der Waals surface area contributed by atoms with Crippen LogP contribution >= 0.6 is 35.3 Å². The summed E-state index contributed by atoms with van der Waals surface area (Å²) in [6, 6.07) is 0. The summed E-state index contributed by atoms with van der Waals surface area (Å²) in [7, 11) is 0. The fourth-order valence-corrected chi connectivity index (χ4v) is 3.52. The highest BCUT2D eigenvalue weighted by Gasteiger charge is 2.33. The van der Waals surface area contributed by atoms with E-state index in [-0.39, 0.29) is 30.5 Å². The molecule has 0 spiro atoms. The second kappa shape index (κ2) is 12.1. The largest absolute Gasteiger partial charge is 0.434 e. The number of hydrogen-bond donors (Lipinski definition) is 2. The minimum atomic E-state index is -4.40. The van der Waals surface area contributed by atoms with Crippen LogP contribution in [-0.2, 0) is 12.7 Å². The molecule has 0 saturated carbocycles. The second-order valence-corrected chi connectivity index (χ2v) is 7.57. The number of thiazole rings is 1. The number of nitrogens with one attached hydrogen (secondary N) is 2. The van der Waals surface area contributed by atoms with Gasteiger partial charge < -0.3 is 15.5 Å². The summed E-state index contributed by atoms with van der Waals surface area (Å²) in [5.74, 6) is 1.45. The van der Waals surface area contributed by atoms with Crippen molar-refractivity contribution in [2.24, 2.45) is 10.9 Å². The number of rotatable bonds is 7. The van der Waals surface area contributed by atoms with Crippen LogP contribution in [0, 0.1) is 5.92 Å². The number of alkyl halides is 3. The maximum absolute atomic E-state index is 12.6. The van der Waals surface area contributed by atoms with E-state index in [2.05, 4.69) is 32.4 Å². The zero-order valence-electron chi connectivity index (χ0n) is 15.8. The van der Waals surface area contributed by atoms with Crippen molar-refractivity contribution >= 4 is 41.3 Å². The first-order valence-corrected chi connectivity index (χ1v) is 10.0. The quantitative estimate of drug-likeness (QED) is 0.248. The van der Waals surface area contributed by atoms with Gasteiger partial charge in [-0.2, -0.15) is 13.2 Å². The molecule has 27 heavy (non-hydrogen) atoms. The SMILES string of the molecule is CCNC(=NCc1nc(C(F)(F)F)cs1)NCCCN1CCC(C)CC1.I. The molecule has 2 heterocycles. The molecule has 156 valence electrons. The predicted molar refractivity (Wildman–Crippen MR) is 115 cm³/mol. The highest BCUT2D eigenvalue weighted by Crippen LogP contribution is 2.30. The van der Waals surface area contributed by atoms with E-state index in [4.69, 9.17) is 0 Å². The first kappa shape index (κ1) is 24.4. The lowest BCUT2D eigenvalue weighted by Gasteiger charge is -2.30.